The molecule has 4 aromatic rings. The molecule has 0 aliphatic heterocycles. The largest absolute Gasteiger partial charge is 0.496 e. The van der Waals surface area contributed by atoms with Crippen LogP contribution in [0.25, 0.3) is 22.2 Å². The van der Waals surface area contributed by atoms with Crippen LogP contribution in [0.4, 0.5) is 10.2 Å². The van der Waals surface area contributed by atoms with Crippen LogP contribution in [0.15, 0.2) is 30.6 Å². The summed E-state index contributed by atoms with van der Waals surface area (Å²) < 4.78 is 22.0. The van der Waals surface area contributed by atoms with Crippen LogP contribution >= 0.6 is 11.6 Å². The van der Waals surface area contributed by atoms with E-state index < -0.39 is 0 Å². The Bertz CT molecular complexity index is 1320. The van der Waals surface area contributed by atoms with E-state index >= 15 is 0 Å². The number of aromatic nitrogens is 4. The lowest BCUT2D eigenvalue weighted by Gasteiger charge is -2.23. The molecule has 2 N–H and O–H groups in total. The maximum atomic E-state index is 14.4. The second kappa shape index (κ2) is 7.81. The van der Waals surface area contributed by atoms with Crippen molar-refractivity contribution in [2.24, 2.45) is 0 Å². The van der Waals surface area contributed by atoms with Crippen molar-refractivity contribution >= 4 is 28.5 Å². The van der Waals surface area contributed by atoms with Crippen LogP contribution in [-0.4, -0.2) is 26.9 Å². The number of nitrogen functional groups attached to an aromatic ring is 1. The highest BCUT2D eigenvalue weighted by Crippen LogP contribution is 2.44. The fraction of sp³-hybridized carbons (Fsp3) is 0.261. The molecule has 8 heteroatoms. The Kier molecular flexibility index (Phi) is 5.31. The van der Waals surface area contributed by atoms with Crippen molar-refractivity contribution in [2.75, 3.05) is 12.8 Å². The van der Waals surface area contributed by atoms with Gasteiger partial charge in [0.05, 0.1) is 24.2 Å². The zero-order valence-electron chi connectivity index (χ0n) is 18.0. The van der Waals surface area contributed by atoms with Gasteiger partial charge in [0.25, 0.3) is 0 Å². The molecule has 0 spiro atoms. The second-order valence-electron chi connectivity index (χ2n) is 7.56. The van der Waals surface area contributed by atoms with E-state index in [0.29, 0.717) is 33.2 Å². The first-order valence-corrected chi connectivity index (χ1v) is 10.2. The van der Waals surface area contributed by atoms with Gasteiger partial charge in [-0.05, 0) is 56.5 Å². The monoisotopic (exact) mass is 439 g/mol. The number of aryl methyl sites for hydroxylation is 1. The number of hydrogen-bond donors (Lipinski definition) is 1. The predicted octanol–water partition coefficient (Wildman–Crippen LogP) is 5.41. The number of anilines is 1. The first-order chi connectivity index (χ1) is 14.8. The standard InChI is InChI=1S/C23H23ClFN5O/c1-11-15(7-6-8-18(11)25)19-12(2)17(24)9-16(21(19)31-5)14(4)30-23-20(13(3)29-30)22(26)27-10-28-23/h6-10,14H,1-5H3,(H2,26,27,28). The van der Waals surface area contributed by atoms with Gasteiger partial charge in [-0.25, -0.2) is 19.0 Å². The first kappa shape index (κ1) is 21.1. The number of fused-ring (bicyclic) bond motifs is 1. The third-order valence-electron chi connectivity index (χ3n) is 5.76. The van der Waals surface area contributed by atoms with Crippen molar-refractivity contribution in [2.45, 2.75) is 33.7 Å². The number of methoxy groups -OCH3 is 1. The summed E-state index contributed by atoms with van der Waals surface area (Å²) in [4.78, 5) is 8.47. The molecular weight excluding hydrogens is 417 g/mol. The maximum Gasteiger partial charge on any atom is 0.164 e. The molecule has 6 nitrogen and oxygen atoms in total. The predicted molar refractivity (Wildman–Crippen MR) is 121 cm³/mol. The summed E-state index contributed by atoms with van der Waals surface area (Å²) in [6.07, 6.45) is 1.42. The molecule has 2 heterocycles. The van der Waals surface area contributed by atoms with Gasteiger partial charge >= 0.3 is 0 Å². The minimum Gasteiger partial charge on any atom is -0.496 e. The zero-order valence-corrected chi connectivity index (χ0v) is 18.8. The lowest BCUT2D eigenvalue weighted by atomic mass is 9.91. The van der Waals surface area contributed by atoms with Gasteiger partial charge < -0.3 is 10.5 Å². The van der Waals surface area contributed by atoms with E-state index in [1.54, 1.807) is 24.8 Å². The molecule has 160 valence electrons. The van der Waals surface area contributed by atoms with E-state index in [0.717, 1.165) is 27.9 Å². The van der Waals surface area contributed by atoms with Crippen LogP contribution in [0.1, 0.15) is 35.3 Å². The Balaban J connectivity index is 2.00. The Hall–Kier alpha value is -3.19. The number of nitrogens with two attached hydrogens (primary N) is 1. The molecule has 4 rings (SSSR count). The molecule has 0 bridgehead atoms. The van der Waals surface area contributed by atoms with Crippen LogP contribution in [0.2, 0.25) is 5.02 Å². The van der Waals surface area contributed by atoms with E-state index in [9.17, 15) is 4.39 Å². The smallest absolute Gasteiger partial charge is 0.164 e. The topological polar surface area (TPSA) is 78.9 Å². The number of ether oxygens (including phenoxy) is 1. The minimum atomic E-state index is -0.286. The fourth-order valence-electron chi connectivity index (χ4n) is 4.05. The van der Waals surface area contributed by atoms with E-state index in [2.05, 4.69) is 15.1 Å². The second-order valence-corrected chi connectivity index (χ2v) is 7.96. The molecule has 0 fully saturated rings. The highest BCUT2D eigenvalue weighted by molar-refractivity contribution is 6.32. The van der Waals surface area contributed by atoms with Gasteiger partial charge in [-0.1, -0.05) is 23.7 Å². The van der Waals surface area contributed by atoms with Crippen molar-refractivity contribution in [3.8, 4) is 16.9 Å². The van der Waals surface area contributed by atoms with E-state index in [1.807, 2.05) is 32.9 Å². The molecule has 2 aromatic heterocycles. The van der Waals surface area contributed by atoms with Gasteiger partial charge in [0.1, 0.15) is 23.7 Å². The van der Waals surface area contributed by atoms with Crippen molar-refractivity contribution in [1.29, 1.82) is 0 Å². The minimum absolute atomic E-state index is 0.283. The average molecular weight is 440 g/mol. The molecule has 0 saturated heterocycles. The normalized spacial score (nSPS) is 12.4. The van der Waals surface area contributed by atoms with Gasteiger partial charge in [-0.3, -0.25) is 0 Å². The molecule has 0 amide bonds. The third-order valence-corrected chi connectivity index (χ3v) is 6.15. The first-order valence-electron chi connectivity index (χ1n) is 9.84. The van der Waals surface area contributed by atoms with Gasteiger partial charge in [0.15, 0.2) is 5.65 Å². The maximum absolute atomic E-state index is 14.4. The van der Waals surface area contributed by atoms with Crippen LogP contribution in [0.5, 0.6) is 5.75 Å². The average Bonchev–Trinajstić information content (AvgIpc) is 3.09. The molecule has 0 saturated carbocycles. The SMILES string of the molecule is COc1c(C(C)n2nc(C)c3c(N)ncnc32)cc(Cl)c(C)c1-c1cccc(F)c1C. The fourth-order valence-corrected chi connectivity index (χ4v) is 4.26. The number of rotatable bonds is 4. The summed E-state index contributed by atoms with van der Waals surface area (Å²) in [5.41, 5.74) is 11.1. The van der Waals surface area contributed by atoms with Crippen molar-refractivity contribution in [3.05, 3.63) is 63.8 Å². The third kappa shape index (κ3) is 3.29. The molecule has 31 heavy (non-hydrogen) atoms. The molecular formula is C23H23ClFN5O. The van der Waals surface area contributed by atoms with Crippen LogP contribution < -0.4 is 10.5 Å². The number of benzene rings is 2. The van der Waals surface area contributed by atoms with Gasteiger partial charge in [-0.2, -0.15) is 5.10 Å². The molecule has 2 aromatic carbocycles. The lowest BCUT2D eigenvalue weighted by molar-refractivity contribution is 0.402. The summed E-state index contributed by atoms with van der Waals surface area (Å²) in [6, 6.07) is 6.58. The Morgan fingerprint density at radius 1 is 1.16 bits per heavy atom. The molecule has 0 aliphatic rings. The van der Waals surface area contributed by atoms with Crippen molar-refractivity contribution < 1.29 is 9.13 Å². The summed E-state index contributed by atoms with van der Waals surface area (Å²) in [5, 5.41) is 5.94. The van der Waals surface area contributed by atoms with E-state index in [-0.39, 0.29) is 11.9 Å². The Morgan fingerprint density at radius 3 is 2.61 bits per heavy atom. The molecule has 1 unspecified atom stereocenters. The highest BCUT2D eigenvalue weighted by atomic mass is 35.5. The molecule has 0 aliphatic carbocycles. The van der Waals surface area contributed by atoms with E-state index in [4.69, 9.17) is 22.1 Å². The number of hydrogen-bond acceptors (Lipinski definition) is 5. The summed E-state index contributed by atoms with van der Waals surface area (Å²) >= 11 is 6.65. The van der Waals surface area contributed by atoms with Crippen molar-refractivity contribution in [3.63, 3.8) is 0 Å². The zero-order chi connectivity index (χ0) is 22.4. The van der Waals surface area contributed by atoms with Crippen LogP contribution in [0.3, 0.4) is 0 Å². The van der Waals surface area contributed by atoms with Crippen LogP contribution in [-0.2, 0) is 0 Å². The molecule has 0 radical (unpaired) electrons. The Labute approximate surface area is 184 Å². The number of halogens is 2. The summed E-state index contributed by atoms with van der Waals surface area (Å²) in [6.45, 7) is 7.50. The highest BCUT2D eigenvalue weighted by Gasteiger charge is 2.25. The van der Waals surface area contributed by atoms with Crippen molar-refractivity contribution in [1.82, 2.24) is 19.7 Å². The molecule has 1 atom stereocenters. The van der Waals surface area contributed by atoms with Gasteiger partial charge in [0.2, 0.25) is 0 Å². The number of nitrogens with zero attached hydrogens (tertiary/aromatic N) is 4. The van der Waals surface area contributed by atoms with Gasteiger partial charge in [0, 0.05) is 16.1 Å². The van der Waals surface area contributed by atoms with E-state index in [1.165, 1.54) is 12.4 Å². The summed E-state index contributed by atoms with van der Waals surface area (Å²) in [5.74, 6) is 0.715. The van der Waals surface area contributed by atoms with Crippen LogP contribution in [0, 0.1) is 26.6 Å². The quantitative estimate of drug-likeness (QED) is 0.459. The van der Waals surface area contributed by atoms with Gasteiger partial charge in [-0.15, -0.1) is 0 Å². The lowest BCUT2D eigenvalue weighted by Crippen LogP contribution is -2.12. The Morgan fingerprint density at radius 2 is 1.90 bits per heavy atom. The summed E-state index contributed by atoms with van der Waals surface area (Å²) in [7, 11) is 1.60.